The Morgan fingerprint density at radius 1 is 0.973 bits per heavy atom. The van der Waals surface area contributed by atoms with Crippen molar-refractivity contribution in [1.29, 1.82) is 0 Å². The molecule has 2 amide bonds. The first-order valence-electron chi connectivity index (χ1n) is 11.9. The lowest BCUT2D eigenvalue weighted by Crippen LogP contribution is -2.27. The van der Waals surface area contributed by atoms with Crippen LogP contribution < -0.4 is 20.5 Å². The number of amides is 2. The molecule has 188 valence electrons. The second-order valence-electron chi connectivity index (χ2n) is 8.70. The first-order chi connectivity index (χ1) is 17.9. The van der Waals surface area contributed by atoms with Crippen LogP contribution >= 0.6 is 0 Å². The lowest BCUT2D eigenvalue weighted by molar-refractivity contribution is 0.0747. The molecule has 0 atom stereocenters. The van der Waals surface area contributed by atoms with Crippen LogP contribution in [0.4, 0.5) is 5.95 Å². The van der Waals surface area contributed by atoms with Crippen molar-refractivity contribution in [1.82, 2.24) is 20.2 Å². The number of nitrogens with zero attached hydrogens (tertiary/aromatic N) is 3. The van der Waals surface area contributed by atoms with Crippen molar-refractivity contribution in [2.45, 2.75) is 20.0 Å². The molecule has 0 aliphatic carbocycles. The minimum Gasteiger partial charge on any atom is -0.493 e. The number of hydrogen-bond donors (Lipinski definition) is 2. The number of fused-ring (bicyclic) bond motifs is 2. The molecule has 0 unspecified atom stereocenters. The van der Waals surface area contributed by atoms with E-state index in [2.05, 4.69) is 15.3 Å². The Hall–Kier alpha value is -4.66. The van der Waals surface area contributed by atoms with Crippen LogP contribution in [0.3, 0.4) is 0 Å². The van der Waals surface area contributed by atoms with E-state index < -0.39 is 0 Å². The van der Waals surface area contributed by atoms with E-state index in [-0.39, 0.29) is 23.5 Å². The van der Waals surface area contributed by atoms with Gasteiger partial charge in [0, 0.05) is 25.0 Å². The lowest BCUT2D eigenvalue weighted by atomic mass is 9.96. The van der Waals surface area contributed by atoms with E-state index in [0.29, 0.717) is 58.7 Å². The Kier molecular flexibility index (Phi) is 6.35. The highest BCUT2D eigenvalue weighted by Gasteiger charge is 2.27. The first kappa shape index (κ1) is 24.1. The van der Waals surface area contributed by atoms with Gasteiger partial charge in [-0.2, -0.15) is 0 Å². The van der Waals surface area contributed by atoms with Gasteiger partial charge in [-0.25, -0.2) is 9.97 Å². The topological polar surface area (TPSA) is 120 Å². The number of nitrogens with two attached hydrogens (primary N) is 1. The Labute approximate surface area is 214 Å². The fourth-order valence-electron chi connectivity index (χ4n) is 4.66. The summed E-state index contributed by atoms with van der Waals surface area (Å²) in [4.78, 5) is 37.0. The monoisotopic (exact) mass is 497 g/mol. The smallest absolute Gasteiger partial charge is 0.273 e. The van der Waals surface area contributed by atoms with Crippen LogP contribution in [0.25, 0.3) is 22.0 Å². The molecule has 5 rings (SSSR count). The second-order valence-corrected chi connectivity index (χ2v) is 8.70. The molecule has 0 radical (unpaired) electrons. The largest absolute Gasteiger partial charge is 0.493 e. The summed E-state index contributed by atoms with van der Waals surface area (Å²) in [5.74, 6) is 0.454. The zero-order chi connectivity index (χ0) is 26.1. The number of methoxy groups -OCH3 is 2. The van der Waals surface area contributed by atoms with Crippen molar-refractivity contribution in [2.75, 3.05) is 26.5 Å². The normalized spacial score (nSPS) is 12.4. The van der Waals surface area contributed by atoms with Crippen LogP contribution in [0.15, 0.2) is 54.6 Å². The number of ether oxygens (including phenoxy) is 2. The van der Waals surface area contributed by atoms with Crippen molar-refractivity contribution in [2.24, 2.45) is 0 Å². The van der Waals surface area contributed by atoms with Gasteiger partial charge in [0.15, 0.2) is 11.5 Å². The molecule has 1 aliphatic heterocycles. The predicted molar refractivity (Wildman–Crippen MR) is 141 cm³/mol. The molecule has 1 aromatic heterocycles. The van der Waals surface area contributed by atoms with E-state index in [1.807, 2.05) is 43.3 Å². The van der Waals surface area contributed by atoms with E-state index >= 15 is 0 Å². The molecule has 0 bridgehead atoms. The number of hydrogen-bond acceptors (Lipinski definition) is 7. The number of anilines is 1. The summed E-state index contributed by atoms with van der Waals surface area (Å²) in [6.45, 7) is 3.31. The number of carbonyl (C=O) groups is 2. The van der Waals surface area contributed by atoms with E-state index in [4.69, 9.17) is 15.2 Å². The van der Waals surface area contributed by atoms with Gasteiger partial charge in [-0.1, -0.05) is 30.3 Å². The third-order valence-electron chi connectivity index (χ3n) is 6.46. The summed E-state index contributed by atoms with van der Waals surface area (Å²) in [6, 6.07) is 16.8. The number of benzene rings is 3. The molecule has 9 nitrogen and oxygen atoms in total. The maximum atomic E-state index is 13.7. The average molecular weight is 498 g/mol. The fraction of sp³-hybridized carbons (Fsp3) is 0.214. The molecule has 2 heterocycles. The van der Waals surface area contributed by atoms with Gasteiger partial charge >= 0.3 is 0 Å². The third-order valence-corrected chi connectivity index (χ3v) is 6.46. The van der Waals surface area contributed by atoms with E-state index in [9.17, 15) is 9.59 Å². The number of aromatic nitrogens is 2. The molecule has 1 aliphatic rings. The van der Waals surface area contributed by atoms with Crippen molar-refractivity contribution >= 4 is 28.7 Å². The van der Waals surface area contributed by atoms with Gasteiger partial charge in [-0.3, -0.25) is 9.59 Å². The maximum Gasteiger partial charge on any atom is 0.273 e. The van der Waals surface area contributed by atoms with Crippen molar-refractivity contribution in [3.63, 3.8) is 0 Å². The van der Waals surface area contributed by atoms with Gasteiger partial charge < -0.3 is 25.4 Å². The van der Waals surface area contributed by atoms with Crippen LogP contribution in [-0.4, -0.2) is 47.4 Å². The predicted octanol–water partition coefficient (Wildman–Crippen LogP) is 3.80. The van der Waals surface area contributed by atoms with Crippen LogP contribution in [0.2, 0.25) is 0 Å². The van der Waals surface area contributed by atoms with Gasteiger partial charge in [-0.15, -0.1) is 0 Å². The van der Waals surface area contributed by atoms with Crippen LogP contribution in [-0.2, 0) is 13.1 Å². The van der Waals surface area contributed by atoms with E-state index in [1.165, 1.54) is 14.2 Å². The molecule has 3 aromatic carbocycles. The highest BCUT2D eigenvalue weighted by atomic mass is 16.5. The van der Waals surface area contributed by atoms with Crippen molar-refractivity contribution < 1.29 is 19.1 Å². The third kappa shape index (κ3) is 4.40. The molecule has 0 spiro atoms. The van der Waals surface area contributed by atoms with Crippen LogP contribution in [0, 0.1) is 0 Å². The lowest BCUT2D eigenvalue weighted by Gasteiger charge is -2.18. The maximum absolute atomic E-state index is 13.7. The SMILES string of the molecule is CCNC(=O)c1cc(OC)c(OC)cc1-c1ccc2nc(N)nc(C(=O)N3Cc4ccccc4C3)c2c1. The van der Waals surface area contributed by atoms with Gasteiger partial charge in [0.1, 0.15) is 5.69 Å². The fourth-order valence-corrected chi connectivity index (χ4v) is 4.66. The van der Waals surface area contributed by atoms with Gasteiger partial charge in [0.2, 0.25) is 5.95 Å². The molecule has 0 saturated heterocycles. The van der Waals surface area contributed by atoms with Crippen LogP contribution in [0.1, 0.15) is 38.9 Å². The van der Waals surface area contributed by atoms with Crippen LogP contribution in [0.5, 0.6) is 11.5 Å². The molecular weight excluding hydrogens is 470 g/mol. The number of nitrogen functional groups attached to an aromatic ring is 1. The molecule has 3 N–H and O–H groups in total. The Morgan fingerprint density at radius 2 is 1.65 bits per heavy atom. The van der Waals surface area contributed by atoms with Gasteiger partial charge in [-0.05, 0) is 53.4 Å². The van der Waals surface area contributed by atoms with E-state index in [0.717, 1.165) is 11.1 Å². The summed E-state index contributed by atoms with van der Waals surface area (Å²) in [5.41, 5.74) is 10.7. The van der Waals surface area contributed by atoms with E-state index in [1.54, 1.807) is 23.1 Å². The molecule has 37 heavy (non-hydrogen) atoms. The van der Waals surface area contributed by atoms with Crippen molar-refractivity contribution in [3.05, 3.63) is 77.0 Å². The quantitative estimate of drug-likeness (QED) is 0.416. The Balaban J connectivity index is 1.63. The minimum atomic E-state index is -0.252. The van der Waals surface area contributed by atoms with Gasteiger partial charge in [0.25, 0.3) is 11.8 Å². The summed E-state index contributed by atoms with van der Waals surface area (Å²) in [7, 11) is 3.06. The summed E-state index contributed by atoms with van der Waals surface area (Å²) >= 11 is 0. The second kappa shape index (κ2) is 9.77. The zero-order valence-corrected chi connectivity index (χ0v) is 20.9. The molecule has 0 fully saturated rings. The highest BCUT2D eigenvalue weighted by molar-refractivity contribution is 6.07. The highest BCUT2D eigenvalue weighted by Crippen LogP contribution is 2.37. The molecular formula is C28H27N5O4. The molecule has 4 aromatic rings. The summed E-state index contributed by atoms with van der Waals surface area (Å²) in [6.07, 6.45) is 0. The standard InChI is InChI=1S/C28H27N5O4/c1-4-30-26(34)20-13-24(37-3)23(36-2)12-19(20)16-9-10-22-21(11-16)25(32-28(29)31-22)27(35)33-14-17-7-5-6-8-18(17)15-33/h5-13H,4,14-15H2,1-3H3,(H,30,34)(H2,29,31,32). The first-order valence-corrected chi connectivity index (χ1v) is 11.9. The Bertz CT molecular complexity index is 1510. The average Bonchev–Trinajstić information content (AvgIpc) is 3.35. The van der Waals surface area contributed by atoms with Crippen molar-refractivity contribution in [3.8, 4) is 22.6 Å². The van der Waals surface area contributed by atoms with Gasteiger partial charge in [0.05, 0.1) is 25.3 Å². The minimum absolute atomic E-state index is 0.0226. The number of carbonyl (C=O) groups excluding carboxylic acids is 2. The summed E-state index contributed by atoms with van der Waals surface area (Å²) < 4.78 is 10.9. The number of rotatable bonds is 6. The summed E-state index contributed by atoms with van der Waals surface area (Å²) in [5, 5.41) is 3.39. The molecule has 0 saturated carbocycles. The number of nitrogens with one attached hydrogen (secondary N) is 1. The molecule has 9 heteroatoms. The Morgan fingerprint density at radius 3 is 2.30 bits per heavy atom. The zero-order valence-electron chi connectivity index (χ0n) is 20.9.